The van der Waals surface area contributed by atoms with E-state index in [1.54, 1.807) is 13.3 Å². The molecule has 0 saturated heterocycles. The summed E-state index contributed by atoms with van der Waals surface area (Å²) in [5.74, 6) is 0.866. The third-order valence-corrected chi connectivity index (χ3v) is 2.38. The van der Waals surface area contributed by atoms with Crippen LogP contribution in [0.5, 0.6) is 5.75 Å². The summed E-state index contributed by atoms with van der Waals surface area (Å²) in [4.78, 5) is 0. The number of methoxy groups -OCH3 is 1. The van der Waals surface area contributed by atoms with Crippen LogP contribution in [0.3, 0.4) is 0 Å². The molecule has 0 bridgehead atoms. The first-order chi connectivity index (χ1) is 7.22. The van der Waals surface area contributed by atoms with E-state index in [4.69, 9.17) is 4.74 Å². The topological polar surface area (TPSA) is 46.3 Å². The van der Waals surface area contributed by atoms with Gasteiger partial charge in [-0.15, -0.1) is 5.10 Å². The molecule has 4 nitrogen and oxygen atoms in total. The molecule has 4 heteroatoms. The summed E-state index contributed by atoms with van der Waals surface area (Å²) in [5, 5.41) is 11.5. The predicted octanol–water partition coefficient (Wildman–Crippen LogP) is 2.45. The fourth-order valence-electron chi connectivity index (χ4n) is 1.54. The summed E-state index contributed by atoms with van der Waals surface area (Å²) in [7, 11) is 1.66. The predicted molar refractivity (Wildman–Crippen MR) is 58.5 cm³/mol. The first-order valence-electron chi connectivity index (χ1n) is 4.81. The van der Waals surface area contributed by atoms with Gasteiger partial charge in [-0.3, -0.25) is 0 Å². The van der Waals surface area contributed by atoms with Gasteiger partial charge in [-0.1, -0.05) is 12.1 Å². The van der Waals surface area contributed by atoms with E-state index in [2.05, 4.69) is 15.4 Å². The molecule has 78 valence electrons. The van der Waals surface area contributed by atoms with Gasteiger partial charge in [0.15, 0.2) is 0 Å². The van der Waals surface area contributed by atoms with Crippen molar-refractivity contribution < 1.29 is 4.74 Å². The smallest absolute Gasteiger partial charge is 0.122 e. The molecule has 1 unspecified atom stereocenters. The Morgan fingerprint density at radius 3 is 2.53 bits per heavy atom. The lowest BCUT2D eigenvalue weighted by atomic mass is 9.95. The van der Waals surface area contributed by atoms with E-state index >= 15 is 0 Å². The van der Waals surface area contributed by atoms with E-state index < -0.39 is 0 Å². The van der Waals surface area contributed by atoms with Crippen LogP contribution in [0.1, 0.15) is 12.5 Å². The fraction of sp³-hybridized carbons (Fsp3) is 0.364. The van der Waals surface area contributed by atoms with Crippen molar-refractivity contribution in [2.75, 3.05) is 7.11 Å². The van der Waals surface area contributed by atoms with Crippen molar-refractivity contribution in [3.8, 4) is 5.75 Å². The van der Waals surface area contributed by atoms with E-state index in [-0.39, 0.29) is 5.54 Å². The number of ether oxygens (including phenoxy) is 1. The first kappa shape index (κ1) is 9.83. The molecule has 15 heavy (non-hydrogen) atoms. The van der Waals surface area contributed by atoms with Crippen molar-refractivity contribution >= 4 is 6.21 Å². The van der Waals surface area contributed by atoms with Gasteiger partial charge in [0, 0.05) is 6.42 Å². The molecule has 0 aliphatic carbocycles. The van der Waals surface area contributed by atoms with Crippen molar-refractivity contribution in [2.45, 2.75) is 18.9 Å². The van der Waals surface area contributed by atoms with Gasteiger partial charge < -0.3 is 4.74 Å². The zero-order chi connectivity index (χ0) is 10.7. The number of hydrogen-bond acceptors (Lipinski definition) is 4. The van der Waals surface area contributed by atoms with Crippen molar-refractivity contribution in [3.63, 3.8) is 0 Å². The van der Waals surface area contributed by atoms with Crippen LogP contribution in [-0.2, 0) is 6.42 Å². The third-order valence-electron chi connectivity index (χ3n) is 2.38. The SMILES string of the molecule is COc1ccc(CC2(C)C=NN=N2)cc1. The number of rotatable bonds is 3. The molecule has 1 aliphatic rings. The maximum absolute atomic E-state index is 5.10. The van der Waals surface area contributed by atoms with Crippen LogP contribution < -0.4 is 4.74 Å². The Morgan fingerprint density at radius 2 is 2.00 bits per heavy atom. The van der Waals surface area contributed by atoms with E-state index in [0.29, 0.717) is 0 Å². The Balaban J connectivity index is 2.11. The Hall–Kier alpha value is -1.71. The molecule has 1 atom stereocenters. The molecular weight excluding hydrogens is 190 g/mol. The van der Waals surface area contributed by atoms with E-state index in [0.717, 1.165) is 12.2 Å². The van der Waals surface area contributed by atoms with Crippen LogP contribution in [-0.4, -0.2) is 18.9 Å². The minimum absolute atomic E-state index is 0.283. The van der Waals surface area contributed by atoms with Gasteiger partial charge in [-0.25, -0.2) is 0 Å². The summed E-state index contributed by atoms with van der Waals surface area (Å²) < 4.78 is 5.10. The van der Waals surface area contributed by atoms with Crippen LogP contribution >= 0.6 is 0 Å². The summed E-state index contributed by atoms with van der Waals surface area (Å²) in [6.07, 6.45) is 2.58. The van der Waals surface area contributed by atoms with Crippen molar-refractivity contribution in [3.05, 3.63) is 29.8 Å². The second-order valence-electron chi connectivity index (χ2n) is 3.82. The quantitative estimate of drug-likeness (QED) is 0.744. The Kier molecular flexibility index (Phi) is 2.49. The molecule has 0 aromatic heterocycles. The standard InChI is InChI=1S/C11H13N3O/c1-11(8-12-14-13-11)7-9-3-5-10(15-2)6-4-9/h3-6,8H,7H2,1-2H3. The van der Waals surface area contributed by atoms with Crippen LogP contribution in [0.15, 0.2) is 39.7 Å². The second kappa shape index (κ2) is 3.81. The molecule has 0 fully saturated rings. The molecule has 0 saturated carbocycles. The molecule has 2 rings (SSSR count). The van der Waals surface area contributed by atoms with Crippen molar-refractivity contribution in [1.29, 1.82) is 0 Å². The van der Waals surface area contributed by atoms with Gasteiger partial charge in [0.05, 0.1) is 13.3 Å². The minimum Gasteiger partial charge on any atom is -0.497 e. The molecule has 0 N–H and O–H groups in total. The normalized spacial score (nSPS) is 23.3. The van der Waals surface area contributed by atoms with Crippen LogP contribution in [0, 0.1) is 0 Å². The molecule has 1 heterocycles. The van der Waals surface area contributed by atoms with Gasteiger partial charge in [-0.05, 0) is 29.8 Å². The summed E-state index contributed by atoms with van der Waals surface area (Å²) in [6, 6.07) is 7.96. The Labute approximate surface area is 88.7 Å². The number of benzene rings is 1. The van der Waals surface area contributed by atoms with Crippen LogP contribution in [0.4, 0.5) is 0 Å². The highest BCUT2D eigenvalue weighted by Crippen LogP contribution is 2.21. The van der Waals surface area contributed by atoms with E-state index in [1.807, 2.05) is 31.2 Å². The zero-order valence-electron chi connectivity index (χ0n) is 8.84. The lowest BCUT2D eigenvalue weighted by molar-refractivity contribution is 0.414. The lowest BCUT2D eigenvalue weighted by Crippen LogP contribution is -2.24. The summed E-state index contributed by atoms with van der Waals surface area (Å²) in [6.45, 7) is 2.01. The molecular formula is C11H13N3O. The second-order valence-corrected chi connectivity index (χ2v) is 3.82. The van der Waals surface area contributed by atoms with Crippen molar-refractivity contribution in [1.82, 2.24) is 0 Å². The highest BCUT2D eigenvalue weighted by molar-refractivity contribution is 5.71. The molecule has 0 spiro atoms. The molecule has 0 amide bonds. The summed E-state index contributed by atoms with van der Waals surface area (Å²) in [5.41, 5.74) is 0.916. The minimum atomic E-state index is -0.283. The van der Waals surface area contributed by atoms with E-state index in [1.165, 1.54) is 5.56 Å². The molecule has 1 aromatic carbocycles. The number of hydrogen-bond donors (Lipinski definition) is 0. The fourth-order valence-corrected chi connectivity index (χ4v) is 1.54. The van der Waals surface area contributed by atoms with E-state index in [9.17, 15) is 0 Å². The highest BCUT2D eigenvalue weighted by atomic mass is 16.5. The van der Waals surface area contributed by atoms with Gasteiger partial charge in [0.25, 0.3) is 0 Å². The van der Waals surface area contributed by atoms with Gasteiger partial charge >= 0.3 is 0 Å². The van der Waals surface area contributed by atoms with Gasteiger partial charge in [-0.2, -0.15) is 5.11 Å². The maximum Gasteiger partial charge on any atom is 0.122 e. The average molecular weight is 203 g/mol. The monoisotopic (exact) mass is 203 g/mol. The average Bonchev–Trinajstić information content (AvgIpc) is 2.66. The molecule has 1 aromatic rings. The van der Waals surface area contributed by atoms with Crippen molar-refractivity contribution in [2.24, 2.45) is 15.4 Å². The van der Waals surface area contributed by atoms with Crippen LogP contribution in [0.2, 0.25) is 0 Å². The largest absolute Gasteiger partial charge is 0.497 e. The van der Waals surface area contributed by atoms with Gasteiger partial charge in [0.2, 0.25) is 0 Å². The highest BCUT2D eigenvalue weighted by Gasteiger charge is 2.24. The lowest BCUT2D eigenvalue weighted by Gasteiger charge is -2.14. The number of nitrogens with zero attached hydrogens (tertiary/aromatic N) is 3. The first-order valence-corrected chi connectivity index (χ1v) is 4.81. The van der Waals surface area contributed by atoms with Crippen LogP contribution in [0.25, 0.3) is 0 Å². The summed E-state index contributed by atoms with van der Waals surface area (Å²) >= 11 is 0. The maximum atomic E-state index is 5.10. The zero-order valence-corrected chi connectivity index (χ0v) is 8.84. The molecule has 0 radical (unpaired) electrons. The Bertz CT molecular complexity index is 383. The van der Waals surface area contributed by atoms with Gasteiger partial charge in [0.1, 0.15) is 11.3 Å². The molecule has 1 aliphatic heterocycles. The third kappa shape index (κ3) is 2.21. The Morgan fingerprint density at radius 1 is 1.27 bits per heavy atom.